The molecular formula is C14H30N2O. The van der Waals surface area contributed by atoms with Gasteiger partial charge in [0.1, 0.15) is 0 Å². The number of hydrogen-bond donors (Lipinski definition) is 1. The Labute approximate surface area is 107 Å². The molecule has 0 aromatic rings. The van der Waals surface area contributed by atoms with Crippen LogP contribution in [-0.4, -0.2) is 50.3 Å². The fraction of sp³-hybridized carbons (Fsp3) is 1.00. The molecule has 102 valence electrons. The fourth-order valence-electron chi connectivity index (χ4n) is 2.73. The van der Waals surface area contributed by atoms with E-state index in [4.69, 9.17) is 4.74 Å². The molecule has 1 fully saturated rings. The molecular weight excluding hydrogens is 212 g/mol. The second-order valence-electron chi connectivity index (χ2n) is 5.14. The highest BCUT2D eigenvalue weighted by Gasteiger charge is 2.20. The van der Waals surface area contributed by atoms with E-state index < -0.39 is 0 Å². The molecule has 0 saturated carbocycles. The van der Waals surface area contributed by atoms with Gasteiger partial charge in [-0.2, -0.15) is 0 Å². The highest BCUT2D eigenvalue weighted by atomic mass is 16.5. The van der Waals surface area contributed by atoms with Gasteiger partial charge in [-0.25, -0.2) is 0 Å². The van der Waals surface area contributed by atoms with E-state index in [2.05, 4.69) is 24.1 Å². The normalized spacial score (nSPS) is 25.2. The lowest BCUT2D eigenvalue weighted by molar-refractivity contribution is 0.0764. The molecule has 0 radical (unpaired) electrons. The molecule has 3 heteroatoms. The van der Waals surface area contributed by atoms with E-state index in [0.29, 0.717) is 12.1 Å². The van der Waals surface area contributed by atoms with Gasteiger partial charge < -0.3 is 10.1 Å². The van der Waals surface area contributed by atoms with Crippen LogP contribution in [0.5, 0.6) is 0 Å². The summed E-state index contributed by atoms with van der Waals surface area (Å²) in [6.07, 6.45) is 6.30. The molecule has 1 aliphatic heterocycles. The van der Waals surface area contributed by atoms with Gasteiger partial charge in [-0.3, -0.25) is 4.90 Å². The zero-order chi connectivity index (χ0) is 12.5. The van der Waals surface area contributed by atoms with Crippen LogP contribution < -0.4 is 5.32 Å². The minimum Gasteiger partial charge on any atom is -0.383 e. The van der Waals surface area contributed by atoms with Crippen molar-refractivity contribution in [1.29, 1.82) is 0 Å². The Morgan fingerprint density at radius 1 is 1.35 bits per heavy atom. The van der Waals surface area contributed by atoms with Crippen LogP contribution in [0, 0.1) is 0 Å². The molecule has 1 aliphatic rings. The maximum Gasteiger partial charge on any atom is 0.0618 e. The molecule has 1 rings (SSSR count). The summed E-state index contributed by atoms with van der Waals surface area (Å²) >= 11 is 0. The van der Waals surface area contributed by atoms with Gasteiger partial charge >= 0.3 is 0 Å². The summed E-state index contributed by atoms with van der Waals surface area (Å²) in [5.74, 6) is 0. The first-order chi connectivity index (χ1) is 8.31. The van der Waals surface area contributed by atoms with Crippen molar-refractivity contribution in [2.45, 2.75) is 58.0 Å². The molecule has 0 aromatic carbocycles. The van der Waals surface area contributed by atoms with Crippen LogP contribution in [0.2, 0.25) is 0 Å². The fourth-order valence-corrected chi connectivity index (χ4v) is 2.73. The van der Waals surface area contributed by atoms with Gasteiger partial charge in [0.25, 0.3) is 0 Å². The molecule has 0 aliphatic carbocycles. The largest absolute Gasteiger partial charge is 0.383 e. The molecule has 2 atom stereocenters. The van der Waals surface area contributed by atoms with Gasteiger partial charge in [-0.15, -0.1) is 0 Å². The number of hydrogen-bond acceptors (Lipinski definition) is 3. The highest BCUT2D eigenvalue weighted by molar-refractivity contribution is 4.77. The summed E-state index contributed by atoms with van der Waals surface area (Å²) in [5.41, 5.74) is 0. The van der Waals surface area contributed by atoms with E-state index in [1.54, 1.807) is 0 Å². The van der Waals surface area contributed by atoms with Crippen molar-refractivity contribution in [2.24, 2.45) is 0 Å². The number of nitrogens with one attached hydrogen (secondary N) is 1. The maximum absolute atomic E-state index is 5.38. The van der Waals surface area contributed by atoms with Crippen molar-refractivity contribution in [3.05, 3.63) is 0 Å². The van der Waals surface area contributed by atoms with Crippen LogP contribution >= 0.6 is 0 Å². The zero-order valence-corrected chi connectivity index (χ0v) is 11.9. The molecule has 1 heterocycles. The number of methoxy groups -OCH3 is 1. The third kappa shape index (κ3) is 5.36. The smallest absolute Gasteiger partial charge is 0.0618 e. The van der Waals surface area contributed by atoms with Crippen LogP contribution in [0.4, 0.5) is 0 Å². The second-order valence-corrected chi connectivity index (χ2v) is 5.14. The molecule has 17 heavy (non-hydrogen) atoms. The van der Waals surface area contributed by atoms with Crippen LogP contribution in [-0.2, 0) is 4.74 Å². The zero-order valence-electron chi connectivity index (χ0n) is 11.9. The van der Waals surface area contributed by atoms with Crippen LogP contribution in [0.15, 0.2) is 0 Å². The predicted octanol–water partition coefficient (Wildman–Crippen LogP) is 2.27. The predicted molar refractivity (Wildman–Crippen MR) is 73.5 cm³/mol. The lowest BCUT2D eigenvalue weighted by atomic mass is 10.1. The molecule has 3 nitrogen and oxygen atoms in total. The summed E-state index contributed by atoms with van der Waals surface area (Å²) < 4.78 is 5.38. The van der Waals surface area contributed by atoms with E-state index in [1.807, 2.05) is 7.11 Å². The van der Waals surface area contributed by atoms with E-state index >= 15 is 0 Å². The Morgan fingerprint density at radius 2 is 2.18 bits per heavy atom. The average Bonchev–Trinajstić information content (AvgIpc) is 2.29. The monoisotopic (exact) mass is 242 g/mol. The highest BCUT2D eigenvalue weighted by Crippen LogP contribution is 2.13. The summed E-state index contributed by atoms with van der Waals surface area (Å²) in [5, 5.41) is 3.64. The molecule has 1 N–H and O–H groups in total. The average molecular weight is 242 g/mol. The number of rotatable bonds is 6. The van der Waals surface area contributed by atoms with Gasteiger partial charge in [-0.05, 0) is 38.8 Å². The summed E-state index contributed by atoms with van der Waals surface area (Å²) in [7, 11) is 1.82. The summed E-state index contributed by atoms with van der Waals surface area (Å²) in [6.45, 7) is 9.04. The minimum absolute atomic E-state index is 0.626. The topological polar surface area (TPSA) is 24.5 Å². The van der Waals surface area contributed by atoms with Gasteiger partial charge in [0.15, 0.2) is 0 Å². The first-order valence-electron chi connectivity index (χ1n) is 7.28. The van der Waals surface area contributed by atoms with Gasteiger partial charge in [0.2, 0.25) is 0 Å². The van der Waals surface area contributed by atoms with E-state index in [1.165, 1.54) is 51.7 Å². The molecule has 0 bridgehead atoms. The third-order valence-electron chi connectivity index (χ3n) is 3.81. The first-order valence-corrected chi connectivity index (χ1v) is 7.28. The Kier molecular flexibility index (Phi) is 7.82. The van der Waals surface area contributed by atoms with Crippen LogP contribution in [0.1, 0.15) is 46.0 Å². The number of nitrogens with zero attached hydrogens (tertiary/aromatic N) is 1. The Balaban J connectivity index is 2.47. The van der Waals surface area contributed by atoms with Crippen molar-refractivity contribution in [3.63, 3.8) is 0 Å². The second kappa shape index (κ2) is 8.90. The van der Waals surface area contributed by atoms with Crippen molar-refractivity contribution in [2.75, 3.05) is 33.4 Å². The molecule has 1 saturated heterocycles. The Bertz CT molecular complexity index is 181. The Hall–Kier alpha value is -0.120. The van der Waals surface area contributed by atoms with Crippen molar-refractivity contribution in [1.82, 2.24) is 10.2 Å². The summed E-state index contributed by atoms with van der Waals surface area (Å²) in [4.78, 5) is 2.65. The number of ether oxygens (including phenoxy) is 1. The molecule has 2 unspecified atom stereocenters. The lowest BCUT2D eigenvalue weighted by Crippen LogP contribution is -2.45. The van der Waals surface area contributed by atoms with E-state index in [0.717, 1.165) is 6.61 Å². The van der Waals surface area contributed by atoms with Gasteiger partial charge in [0.05, 0.1) is 6.61 Å². The minimum atomic E-state index is 0.626. The SMILES string of the molecule is CCCC(COC)N1CCCNC(CC)CC1. The van der Waals surface area contributed by atoms with Crippen molar-refractivity contribution >= 4 is 0 Å². The van der Waals surface area contributed by atoms with Crippen LogP contribution in [0.3, 0.4) is 0 Å². The van der Waals surface area contributed by atoms with Gasteiger partial charge in [-0.1, -0.05) is 20.3 Å². The van der Waals surface area contributed by atoms with Crippen molar-refractivity contribution in [3.8, 4) is 0 Å². The lowest BCUT2D eigenvalue weighted by Gasteiger charge is -2.34. The quantitative estimate of drug-likeness (QED) is 0.773. The van der Waals surface area contributed by atoms with Gasteiger partial charge in [0, 0.05) is 25.7 Å². The third-order valence-corrected chi connectivity index (χ3v) is 3.81. The summed E-state index contributed by atoms with van der Waals surface area (Å²) in [6, 6.07) is 1.34. The Morgan fingerprint density at radius 3 is 2.82 bits per heavy atom. The maximum atomic E-state index is 5.38. The van der Waals surface area contributed by atoms with Crippen LogP contribution in [0.25, 0.3) is 0 Å². The standard InChI is InChI=1S/C14H30N2O/c1-4-7-14(12-17-3)16-10-6-9-15-13(5-2)8-11-16/h13-15H,4-12H2,1-3H3. The van der Waals surface area contributed by atoms with E-state index in [9.17, 15) is 0 Å². The molecule has 0 amide bonds. The van der Waals surface area contributed by atoms with Crippen molar-refractivity contribution < 1.29 is 4.74 Å². The van der Waals surface area contributed by atoms with E-state index in [-0.39, 0.29) is 0 Å². The molecule has 0 spiro atoms. The first kappa shape index (κ1) is 14.9. The molecule has 0 aromatic heterocycles.